The van der Waals surface area contributed by atoms with Crippen molar-refractivity contribution in [1.82, 2.24) is 9.62 Å². The highest BCUT2D eigenvalue weighted by atomic mass is 32.2. The average molecular weight is 391 g/mol. The smallest absolute Gasteiger partial charge is 0.251 e. The second kappa shape index (κ2) is 9.01. The third-order valence-corrected chi connectivity index (χ3v) is 6.44. The quantitative estimate of drug-likeness (QED) is 0.751. The summed E-state index contributed by atoms with van der Waals surface area (Å²) < 4.78 is 32.0. The summed E-state index contributed by atoms with van der Waals surface area (Å²) in [4.78, 5) is 12.8. The number of nitrogens with one attached hydrogen (secondary N) is 1. The molecule has 2 aromatic carbocycles. The van der Waals surface area contributed by atoms with Gasteiger partial charge in [0.25, 0.3) is 5.91 Å². The first-order valence-electron chi connectivity index (χ1n) is 8.89. The molecule has 0 aromatic heterocycles. The molecule has 0 fully saturated rings. The van der Waals surface area contributed by atoms with Gasteiger partial charge in [0, 0.05) is 24.2 Å². The summed E-state index contributed by atoms with van der Waals surface area (Å²) in [5.74, 6) is 0.341. The van der Waals surface area contributed by atoms with E-state index in [1.54, 1.807) is 33.1 Å². The largest absolute Gasteiger partial charge is 0.496 e. The van der Waals surface area contributed by atoms with Gasteiger partial charge in [-0.15, -0.1) is 0 Å². The van der Waals surface area contributed by atoms with Crippen molar-refractivity contribution in [2.24, 2.45) is 0 Å². The molecule has 0 spiro atoms. The van der Waals surface area contributed by atoms with Gasteiger partial charge in [-0.05, 0) is 31.2 Å². The summed E-state index contributed by atoms with van der Waals surface area (Å²) in [6, 6.07) is 13.3. The van der Waals surface area contributed by atoms with E-state index in [1.165, 1.54) is 16.4 Å². The van der Waals surface area contributed by atoms with Crippen molar-refractivity contribution in [3.05, 3.63) is 59.7 Å². The predicted octanol–water partition coefficient (Wildman–Crippen LogP) is 3.22. The maximum absolute atomic E-state index is 12.7. The van der Waals surface area contributed by atoms with Crippen LogP contribution in [0.25, 0.3) is 0 Å². The monoisotopic (exact) mass is 390 g/mol. The molecule has 0 aliphatic heterocycles. The molecule has 2 aromatic rings. The molecule has 0 unspecified atom stereocenters. The Morgan fingerprint density at radius 2 is 1.78 bits per heavy atom. The van der Waals surface area contributed by atoms with E-state index < -0.39 is 10.0 Å². The lowest BCUT2D eigenvalue weighted by molar-refractivity contribution is 0.0939. The van der Waals surface area contributed by atoms with E-state index in [4.69, 9.17) is 4.74 Å². The number of hydrogen-bond acceptors (Lipinski definition) is 4. The van der Waals surface area contributed by atoms with Gasteiger partial charge in [0.2, 0.25) is 10.0 Å². The zero-order chi connectivity index (χ0) is 20.0. The summed E-state index contributed by atoms with van der Waals surface area (Å²) in [6.07, 6.45) is 0. The van der Waals surface area contributed by atoms with Gasteiger partial charge in [0.1, 0.15) is 5.75 Å². The molecule has 7 heteroatoms. The van der Waals surface area contributed by atoms with Crippen molar-refractivity contribution >= 4 is 15.9 Å². The first-order chi connectivity index (χ1) is 12.8. The fourth-order valence-corrected chi connectivity index (χ4v) is 4.40. The van der Waals surface area contributed by atoms with E-state index in [9.17, 15) is 13.2 Å². The van der Waals surface area contributed by atoms with Crippen LogP contribution in [-0.4, -0.2) is 38.8 Å². The van der Waals surface area contributed by atoms with Crippen LogP contribution in [0.5, 0.6) is 5.75 Å². The van der Waals surface area contributed by atoms with E-state index in [2.05, 4.69) is 5.32 Å². The lowest BCUT2D eigenvalue weighted by atomic mass is 10.1. The number of nitrogens with zero attached hydrogens (tertiary/aromatic N) is 1. The fourth-order valence-electron chi connectivity index (χ4n) is 2.89. The van der Waals surface area contributed by atoms with Gasteiger partial charge in [-0.1, -0.05) is 38.1 Å². The van der Waals surface area contributed by atoms with Crippen LogP contribution < -0.4 is 10.1 Å². The molecular weight excluding hydrogens is 364 g/mol. The first-order valence-corrected chi connectivity index (χ1v) is 10.3. The molecule has 0 heterocycles. The fraction of sp³-hybridized carbons (Fsp3) is 0.350. The van der Waals surface area contributed by atoms with Crippen molar-refractivity contribution < 1.29 is 17.9 Å². The summed E-state index contributed by atoms with van der Waals surface area (Å²) in [5.41, 5.74) is 1.14. The number of methoxy groups -OCH3 is 1. The maximum atomic E-state index is 12.7. The number of sulfonamides is 1. The number of hydrogen-bond donors (Lipinski definition) is 1. The molecule has 27 heavy (non-hydrogen) atoms. The molecule has 1 amide bonds. The van der Waals surface area contributed by atoms with Gasteiger partial charge in [-0.3, -0.25) is 4.79 Å². The van der Waals surface area contributed by atoms with Gasteiger partial charge in [-0.25, -0.2) is 8.42 Å². The van der Waals surface area contributed by atoms with Gasteiger partial charge in [0.05, 0.1) is 18.0 Å². The number of amides is 1. The van der Waals surface area contributed by atoms with E-state index in [1.807, 2.05) is 31.2 Å². The van der Waals surface area contributed by atoms with E-state index in [0.717, 1.165) is 5.56 Å². The van der Waals surface area contributed by atoms with Crippen LogP contribution in [0.15, 0.2) is 53.4 Å². The van der Waals surface area contributed by atoms with E-state index in [-0.39, 0.29) is 16.8 Å². The van der Waals surface area contributed by atoms with Crippen LogP contribution in [0, 0.1) is 0 Å². The second-order valence-corrected chi connectivity index (χ2v) is 7.99. The van der Waals surface area contributed by atoms with Crippen molar-refractivity contribution in [1.29, 1.82) is 0 Å². The lowest BCUT2D eigenvalue weighted by Crippen LogP contribution is -2.31. The molecule has 0 aliphatic rings. The highest BCUT2D eigenvalue weighted by Gasteiger charge is 2.23. The lowest BCUT2D eigenvalue weighted by Gasteiger charge is -2.19. The third kappa shape index (κ3) is 4.67. The van der Waals surface area contributed by atoms with Crippen LogP contribution in [0.4, 0.5) is 0 Å². The van der Waals surface area contributed by atoms with E-state index >= 15 is 0 Å². The van der Waals surface area contributed by atoms with Gasteiger partial charge in [0.15, 0.2) is 0 Å². The number of carbonyl (C=O) groups is 1. The second-order valence-electron chi connectivity index (χ2n) is 6.05. The Balaban J connectivity index is 2.25. The third-order valence-electron chi connectivity index (χ3n) is 4.39. The van der Waals surface area contributed by atoms with E-state index in [0.29, 0.717) is 24.4 Å². The zero-order valence-electron chi connectivity index (χ0n) is 16.1. The molecule has 1 N–H and O–H groups in total. The molecule has 0 saturated carbocycles. The summed E-state index contributed by atoms with van der Waals surface area (Å²) in [5, 5.41) is 2.90. The van der Waals surface area contributed by atoms with Gasteiger partial charge >= 0.3 is 0 Å². The van der Waals surface area contributed by atoms with Crippen molar-refractivity contribution in [2.45, 2.75) is 31.7 Å². The minimum absolute atomic E-state index is 0.115. The molecule has 0 aliphatic carbocycles. The molecule has 2 rings (SSSR count). The maximum Gasteiger partial charge on any atom is 0.251 e. The van der Waals surface area contributed by atoms with Crippen molar-refractivity contribution in [3.63, 3.8) is 0 Å². The van der Waals surface area contributed by atoms with Crippen LogP contribution in [0.1, 0.15) is 42.7 Å². The number of para-hydroxylation sites is 1. The molecule has 0 bridgehead atoms. The molecular formula is C20H26N2O4S. The Morgan fingerprint density at radius 1 is 1.11 bits per heavy atom. The number of carbonyl (C=O) groups excluding carboxylic acids is 1. The minimum Gasteiger partial charge on any atom is -0.496 e. The Morgan fingerprint density at radius 3 is 2.41 bits per heavy atom. The highest BCUT2D eigenvalue weighted by Crippen LogP contribution is 2.25. The zero-order valence-corrected chi connectivity index (χ0v) is 16.9. The highest BCUT2D eigenvalue weighted by molar-refractivity contribution is 7.89. The predicted molar refractivity (Wildman–Crippen MR) is 105 cm³/mol. The Kier molecular flexibility index (Phi) is 6.98. The van der Waals surface area contributed by atoms with Crippen molar-refractivity contribution in [3.8, 4) is 5.75 Å². The van der Waals surface area contributed by atoms with Gasteiger partial charge < -0.3 is 10.1 Å². The van der Waals surface area contributed by atoms with Crippen molar-refractivity contribution in [2.75, 3.05) is 20.2 Å². The molecule has 146 valence electrons. The van der Waals surface area contributed by atoms with Crippen LogP contribution in [-0.2, 0) is 10.0 Å². The summed E-state index contributed by atoms with van der Waals surface area (Å²) in [6.45, 7) is 6.17. The topological polar surface area (TPSA) is 75.7 Å². The Labute approximate surface area is 161 Å². The first kappa shape index (κ1) is 20.9. The van der Waals surface area contributed by atoms with Crippen LogP contribution in [0.3, 0.4) is 0 Å². The molecule has 0 radical (unpaired) electrons. The number of ether oxygens (including phenoxy) is 1. The molecule has 0 saturated heterocycles. The van der Waals surface area contributed by atoms with Crippen LogP contribution in [0.2, 0.25) is 0 Å². The standard InChI is InChI=1S/C20H26N2O4S/c1-5-22(6-2)27(24,25)17-11-9-10-16(14-17)20(23)21-15(3)18-12-7-8-13-19(18)26-4/h7-15H,5-6H2,1-4H3,(H,21,23)/t15-/m0/s1. The molecule has 1 atom stereocenters. The molecule has 6 nitrogen and oxygen atoms in total. The Hall–Kier alpha value is -2.38. The van der Waals surface area contributed by atoms with Gasteiger partial charge in [-0.2, -0.15) is 4.31 Å². The Bertz CT molecular complexity index is 892. The average Bonchev–Trinajstić information content (AvgIpc) is 2.68. The van der Waals surface area contributed by atoms with Crippen LogP contribution >= 0.6 is 0 Å². The normalized spacial score (nSPS) is 12.6. The number of rotatable bonds is 8. The number of benzene rings is 2. The minimum atomic E-state index is -3.62. The summed E-state index contributed by atoms with van der Waals surface area (Å²) >= 11 is 0. The summed E-state index contributed by atoms with van der Waals surface area (Å²) in [7, 11) is -2.04. The SMILES string of the molecule is CCN(CC)S(=O)(=O)c1cccc(C(=O)N[C@@H](C)c2ccccc2OC)c1.